The fraction of sp³-hybridized carbons (Fsp3) is 0.211. The lowest BCUT2D eigenvalue weighted by Gasteiger charge is -2.21. The molecule has 0 spiro atoms. The Balaban J connectivity index is 2.08. The smallest absolute Gasteiger partial charge is 0.339 e. The Bertz CT molecular complexity index is 805. The minimum atomic E-state index is -0.573. The molecule has 2 aromatic carbocycles. The molecule has 2 aromatic rings. The van der Waals surface area contributed by atoms with E-state index in [4.69, 9.17) is 0 Å². The van der Waals surface area contributed by atoms with Gasteiger partial charge in [0.15, 0.2) is 0 Å². The molecule has 1 N–H and O–H groups in total. The molecule has 136 valence electrons. The van der Waals surface area contributed by atoms with E-state index in [2.05, 4.69) is 10.1 Å². The second-order valence-corrected chi connectivity index (χ2v) is 5.59. The normalized spacial score (nSPS) is 10.1. The van der Waals surface area contributed by atoms with Crippen LogP contribution in [-0.2, 0) is 20.9 Å². The summed E-state index contributed by atoms with van der Waals surface area (Å²) in [5.41, 5.74) is 1.22. The molecule has 0 radical (unpaired) electrons. The lowest BCUT2D eigenvalue weighted by Crippen LogP contribution is -2.36. The molecule has 0 aliphatic carbocycles. The zero-order valence-electron chi connectivity index (χ0n) is 14.5. The second kappa shape index (κ2) is 8.75. The number of carbonyl (C=O) groups excluding carboxylic acids is 3. The summed E-state index contributed by atoms with van der Waals surface area (Å²) in [4.78, 5) is 37.2. The molecule has 0 fully saturated rings. The largest absolute Gasteiger partial charge is 0.465 e. The third-order valence-electron chi connectivity index (χ3n) is 3.67. The van der Waals surface area contributed by atoms with E-state index in [1.54, 1.807) is 30.3 Å². The Kier molecular flexibility index (Phi) is 6.43. The number of para-hydroxylation sites is 1. The van der Waals surface area contributed by atoms with Gasteiger partial charge in [-0.25, -0.2) is 9.18 Å². The first kappa shape index (κ1) is 19.1. The van der Waals surface area contributed by atoms with Gasteiger partial charge in [-0.2, -0.15) is 0 Å². The maximum absolute atomic E-state index is 13.0. The van der Waals surface area contributed by atoms with Gasteiger partial charge in [0.1, 0.15) is 12.4 Å². The van der Waals surface area contributed by atoms with Crippen molar-refractivity contribution in [3.63, 3.8) is 0 Å². The molecule has 0 aliphatic heterocycles. The van der Waals surface area contributed by atoms with Crippen molar-refractivity contribution in [1.82, 2.24) is 4.90 Å². The van der Waals surface area contributed by atoms with Gasteiger partial charge >= 0.3 is 5.97 Å². The van der Waals surface area contributed by atoms with Crippen LogP contribution in [0.4, 0.5) is 10.1 Å². The fourth-order valence-corrected chi connectivity index (χ4v) is 2.33. The highest BCUT2D eigenvalue weighted by Crippen LogP contribution is 2.16. The van der Waals surface area contributed by atoms with E-state index in [0.29, 0.717) is 11.3 Å². The van der Waals surface area contributed by atoms with Gasteiger partial charge in [-0.1, -0.05) is 24.3 Å². The Morgan fingerprint density at radius 2 is 1.73 bits per heavy atom. The molecule has 0 unspecified atom stereocenters. The molecular formula is C19H19FN2O4. The average Bonchev–Trinajstić information content (AvgIpc) is 2.62. The standard InChI is InChI=1S/C19H19FN2O4/c1-13(23)22(11-14-7-9-15(20)10-8-14)12-18(24)21-17-6-4-3-5-16(17)19(25)26-2/h3-10H,11-12H2,1-2H3,(H,21,24). The van der Waals surface area contributed by atoms with Crippen LogP contribution in [-0.4, -0.2) is 36.3 Å². The van der Waals surface area contributed by atoms with Crippen molar-refractivity contribution in [3.05, 3.63) is 65.5 Å². The first-order chi connectivity index (χ1) is 12.4. The first-order valence-corrected chi connectivity index (χ1v) is 7.88. The third kappa shape index (κ3) is 5.14. The summed E-state index contributed by atoms with van der Waals surface area (Å²) in [5.74, 6) is -1.71. The minimum absolute atomic E-state index is 0.168. The van der Waals surface area contributed by atoms with Gasteiger partial charge in [0, 0.05) is 13.5 Å². The van der Waals surface area contributed by atoms with Crippen molar-refractivity contribution in [3.8, 4) is 0 Å². The molecule has 6 nitrogen and oxygen atoms in total. The number of methoxy groups -OCH3 is 1. The molecule has 2 amide bonds. The van der Waals surface area contributed by atoms with Gasteiger partial charge < -0.3 is 15.0 Å². The van der Waals surface area contributed by atoms with Crippen LogP contribution in [0.2, 0.25) is 0 Å². The summed E-state index contributed by atoms with van der Waals surface area (Å²) in [6.07, 6.45) is 0. The second-order valence-electron chi connectivity index (χ2n) is 5.59. The van der Waals surface area contributed by atoms with Crippen LogP contribution in [0.5, 0.6) is 0 Å². The number of halogens is 1. The van der Waals surface area contributed by atoms with Crippen molar-refractivity contribution in [2.24, 2.45) is 0 Å². The molecule has 26 heavy (non-hydrogen) atoms. The molecule has 0 bridgehead atoms. The van der Waals surface area contributed by atoms with Crippen LogP contribution >= 0.6 is 0 Å². The van der Waals surface area contributed by atoms with E-state index in [1.165, 1.54) is 37.1 Å². The Morgan fingerprint density at radius 3 is 2.35 bits per heavy atom. The Hall–Kier alpha value is -3.22. The number of benzene rings is 2. The van der Waals surface area contributed by atoms with E-state index in [-0.39, 0.29) is 30.4 Å². The van der Waals surface area contributed by atoms with Crippen molar-refractivity contribution >= 4 is 23.5 Å². The highest BCUT2D eigenvalue weighted by atomic mass is 19.1. The van der Waals surface area contributed by atoms with Crippen LogP contribution in [0.1, 0.15) is 22.8 Å². The average molecular weight is 358 g/mol. The van der Waals surface area contributed by atoms with Gasteiger partial charge in [-0.3, -0.25) is 9.59 Å². The summed E-state index contributed by atoms with van der Waals surface area (Å²) in [6, 6.07) is 12.1. The third-order valence-corrected chi connectivity index (χ3v) is 3.67. The highest BCUT2D eigenvalue weighted by Gasteiger charge is 2.17. The number of nitrogens with zero attached hydrogens (tertiary/aromatic N) is 1. The summed E-state index contributed by atoms with van der Waals surface area (Å²) in [5, 5.41) is 2.61. The van der Waals surface area contributed by atoms with Crippen LogP contribution in [0, 0.1) is 5.82 Å². The number of nitrogens with one attached hydrogen (secondary N) is 1. The van der Waals surface area contributed by atoms with Crippen molar-refractivity contribution < 1.29 is 23.5 Å². The number of hydrogen-bond donors (Lipinski definition) is 1. The fourth-order valence-electron chi connectivity index (χ4n) is 2.33. The molecular weight excluding hydrogens is 339 g/mol. The highest BCUT2D eigenvalue weighted by molar-refractivity contribution is 6.02. The summed E-state index contributed by atoms with van der Waals surface area (Å²) in [6.45, 7) is 1.31. The SMILES string of the molecule is COC(=O)c1ccccc1NC(=O)CN(Cc1ccc(F)cc1)C(C)=O. The van der Waals surface area contributed by atoms with Gasteiger partial charge in [0.2, 0.25) is 11.8 Å². The van der Waals surface area contributed by atoms with Crippen LogP contribution in [0.25, 0.3) is 0 Å². The minimum Gasteiger partial charge on any atom is -0.465 e. The number of ether oxygens (including phenoxy) is 1. The molecule has 0 saturated carbocycles. The van der Waals surface area contributed by atoms with Gasteiger partial charge in [0.05, 0.1) is 18.4 Å². The van der Waals surface area contributed by atoms with Crippen LogP contribution in [0.3, 0.4) is 0 Å². The van der Waals surface area contributed by atoms with E-state index in [0.717, 1.165) is 0 Å². The summed E-state index contributed by atoms with van der Waals surface area (Å²) >= 11 is 0. The number of amides is 2. The number of anilines is 1. The van der Waals surface area contributed by atoms with E-state index < -0.39 is 11.9 Å². The predicted octanol–water partition coefficient (Wildman–Crippen LogP) is 2.60. The zero-order chi connectivity index (χ0) is 19.1. The Morgan fingerprint density at radius 1 is 1.08 bits per heavy atom. The maximum Gasteiger partial charge on any atom is 0.339 e. The predicted molar refractivity (Wildman–Crippen MR) is 93.9 cm³/mol. The monoisotopic (exact) mass is 358 g/mol. The zero-order valence-corrected chi connectivity index (χ0v) is 14.5. The molecule has 0 saturated heterocycles. The number of carbonyl (C=O) groups is 3. The number of esters is 1. The molecule has 0 aromatic heterocycles. The van der Waals surface area contributed by atoms with E-state index in [1.807, 2.05) is 0 Å². The van der Waals surface area contributed by atoms with Crippen LogP contribution < -0.4 is 5.32 Å². The maximum atomic E-state index is 13.0. The first-order valence-electron chi connectivity index (χ1n) is 7.88. The molecule has 0 aliphatic rings. The van der Waals surface area contributed by atoms with E-state index >= 15 is 0 Å². The molecule has 0 atom stereocenters. The van der Waals surface area contributed by atoms with Crippen molar-refractivity contribution in [2.45, 2.75) is 13.5 Å². The van der Waals surface area contributed by atoms with Gasteiger partial charge in [0.25, 0.3) is 0 Å². The molecule has 7 heteroatoms. The Labute approximate surface area is 150 Å². The molecule has 2 rings (SSSR count). The number of hydrogen-bond acceptors (Lipinski definition) is 4. The number of rotatable bonds is 6. The van der Waals surface area contributed by atoms with Gasteiger partial charge in [-0.15, -0.1) is 0 Å². The summed E-state index contributed by atoms with van der Waals surface area (Å²) < 4.78 is 17.7. The lowest BCUT2D eigenvalue weighted by molar-refractivity contribution is -0.133. The van der Waals surface area contributed by atoms with Crippen LogP contribution in [0.15, 0.2) is 48.5 Å². The van der Waals surface area contributed by atoms with Gasteiger partial charge in [-0.05, 0) is 29.8 Å². The lowest BCUT2D eigenvalue weighted by atomic mass is 10.1. The van der Waals surface area contributed by atoms with Crippen molar-refractivity contribution in [1.29, 1.82) is 0 Å². The molecule has 0 heterocycles. The summed E-state index contributed by atoms with van der Waals surface area (Å²) in [7, 11) is 1.25. The quantitative estimate of drug-likeness (QED) is 0.806. The van der Waals surface area contributed by atoms with E-state index in [9.17, 15) is 18.8 Å². The topological polar surface area (TPSA) is 75.7 Å². The van der Waals surface area contributed by atoms with Crippen molar-refractivity contribution in [2.75, 3.05) is 19.0 Å².